The van der Waals surface area contributed by atoms with Crippen molar-refractivity contribution in [2.45, 2.75) is 38.0 Å². The van der Waals surface area contributed by atoms with Crippen molar-refractivity contribution in [2.24, 2.45) is 0 Å². The Balaban J connectivity index is 1.42. The molecule has 46 heavy (non-hydrogen) atoms. The standard InChI is InChI=1S/C33H35N7O6/c1-21-30-38-29(23-8-4-2-5-9-23)39-40(30)19-28(42)34-16-17-46-25-14-12-22(13-15-25)18-26(32(44)37-27(20-41)33(45)35-21)36-31(43)24-10-6-3-7-11-24/h2-15,21,26-27,41H,16-20H2,1H3,(H,34,42)(H,35,45)(H,36,43)(H,37,44)/t21-,26-,27-/m0/s1. The summed E-state index contributed by atoms with van der Waals surface area (Å²) in [6.45, 7) is 1.21. The number of carbonyl (C=O) groups excluding carboxylic acids is 4. The van der Waals surface area contributed by atoms with E-state index in [1.807, 2.05) is 30.3 Å². The summed E-state index contributed by atoms with van der Waals surface area (Å²) in [7, 11) is 0. The van der Waals surface area contributed by atoms with Crippen LogP contribution in [0, 0.1) is 0 Å². The van der Waals surface area contributed by atoms with E-state index in [4.69, 9.17) is 4.74 Å². The highest BCUT2D eigenvalue weighted by molar-refractivity contribution is 5.98. The van der Waals surface area contributed by atoms with Gasteiger partial charge >= 0.3 is 0 Å². The van der Waals surface area contributed by atoms with Crippen LogP contribution in [0.1, 0.15) is 34.7 Å². The Bertz CT molecular complexity index is 1660. The molecule has 2 bridgehead atoms. The van der Waals surface area contributed by atoms with Gasteiger partial charge in [-0.25, -0.2) is 9.67 Å². The molecule has 13 nitrogen and oxygen atoms in total. The van der Waals surface area contributed by atoms with Crippen molar-refractivity contribution in [3.8, 4) is 17.1 Å². The zero-order valence-corrected chi connectivity index (χ0v) is 25.2. The van der Waals surface area contributed by atoms with Gasteiger partial charge in [-0.3, -0.25) is 19.2 Å². The maximum atomic E-state index is 13.5. The number of hydrogen-bond donors (Lipinski definition) is 5. The van der Waals surface area contributed by atoms with Crippen LogP contribution in [0.3, 0.4) is 0 Å². The third-order valence-corrected chi connectivity index (χ3v) is 7.30. The van der Waals surface area contributed by atoms with Crippen LogP contribution in [0.25, 0.3) is 11.4 Å². The number of nitrogens with zero attached hydrogens (tertiary/aromatic N) is 3. The minimum absolute atomic E-state index is 0.0995. The Labute approximate surface area is 265 Å². The lowest BCUT2D eigenvalue weighted by molar-refractivity contribution is -0.131. The topological polar surface area (TPSA) is 177 Å². The van der Waals surface area contributed by atoms with Crippen LogP contribution in [-0.2, 0) is 27.3 Å². The molecule has 0 radical (unpaired) electrons. The van der Waals surface area contributed by atoms with Gasteiger partial charge in [-0.05, 0) is 36.8 Å². The summed E-state index contributed by atoms with van der Waals surface area (Å²) in [5.41, 5.74) is 1.80. The van der Waals surface area contributed by atoms with Gasteiger partial charge in [0.05, 0.1) is 19.2 Å². The van der Waals surface area contributed by atoms with Crippen molar-refractivity contribution >= 4 is 23.6 Å². The summed E-state index contributed by atoms with van der Waals surface area (Å²) >= 11 is 0. The summed E-state index contributed by atoms with van der Waals surface area (Å²) in [5.74, 6) is -0.938. The number of aliphatic hydroxyl groups is 1. The second kappa shape index (κ2) is 14.9. The van der Waals surface area contributed by atoms with E-state index in [1.54, 1.807) is 61.5 Å². The molecule has 0 saturated carbocycles. The van der Waals surface area contributed by atoms with E-state index in [9.17, 15) is 24.3 Å². The third-order valence-electron chi connectivity index (χ3n) is 7.30. The van der Waals surface area contributed by atoms with Gasteiger partial charge in [-0.1, -0.05) is 60.7 Å². The average Bonchev–Trinajstić information content (AvgIpc) is 3.50. The number of carbonyl (C=O) groups is 4. The molecule has 2 aliphatic rings. The number of amides is 4. The Morgan fingerprint density at radius 1 is 0.957 bits per heavy atom. The van der Waals surface area contributed by atoms with E-state index in [1.165, 1.54) is 4.68 Å². The molecule has 0 fully saturated rings. The summed E-state index contributed by atoms with van der Waals surface area (Å²) in [6, 6.07) is 21.4. The number of nitrogens with one attached hydrogen (secondary N) is 4. The number of benzene rings is 3. The zero-order chi connectivity index (χ0) is 32.5. The van der Waals surface area contributed by atoms with E-state index < -0.39 is 42.5 Å². The van der Waals surface area contributed by atoms with Crippen molar-refractivity contribution in [3.05, 3.63) is 102 Å². The minimum atomic E-state index is -1.35. The maximum absolute atomic E-state index is 13.5. The van der Waals surface area contributed by atoms with Crippen LogP contribution in [0.4, 0.5) is 0 Å². The fourth-order valence-electron chi connectivity index (χ4n) is 4.89. The monoisotopic (exact) mass is 625 g/mol. The van der Waals surface area contributed by atoms with Crippen molar-refractivity contribution in [3.63, 3.8) is 0 Å². The number of fused-ring (bicyclic) bond motifs is 14. The van der Waals surface area contributed by atoms with Crippen LogP contribution in [0.2, 0.25) is 0 Å². The fraction of sp³-hybridized carbons (Fsp3) is 0.273. The van der Waals surface area contributed by atoms with Crippen LogP contribution in [0.5, 0.6) is 5.75 Å². The highest BCUT2D eigenvalue weighted by Crippen LogP contribution is 2.19. The molecule has 3 aromatic carbocycles. The summed E-state index contributed by atoms with van der Waals surface area (Å²) in [5, 5.41) is 25.5. The predicted octanol–water partition coefficient (Wildman–Crippen LogP) is 1.15. The van der Waals surface area contributed by atoms with Crippen molar-refractivity contribution in [1.82, 2.24) is 36.0 Å². The average molecular weight is 626 g/mol. The van der Waals surface area contributed by atoms with Gasteiger partial charge in [-0.15, -0.1) is 0 Å². The largest absolute Gasteiger partial charge is 0.492 e. The Morgan fingerprint density at radius 3 is 2.35 bits per heavy atom. The van der Waals surface area contributed by atoms with E-state index >= 15 is 0 Å². The molecule has 2 aliphatic heterocycles. The number of ether oxygens (including phenoxy) is 1. The van der Waals surface area contributed by atoms with Gasteiger partial charge in [0, 0.05) is 17.5 Å². The first-order valence-electron chi connectivity index (χ1n) is 14.9. The highest BCUT2D eigenvalue weighted by atomic mass is 16.5. The third kappa shape index (κ3) is 8.12. The van der Waals surface area contributed by atoms with Gasteiger partial charge in [0.25, 0.3) is 5.91 Å². The second-order valence-corrected chi connectivity index (χ2v) is 10.7. The molecule has 13 heteroatoms. The maximum Gasteiger partial charge on any atom is 0.251 e. The van der Waals surface area contributed by atoms with Gasteiger partial charge in [0.15, 0.2) is 5.82 Å². The molecule has 0 spiro atoms. The number of aliphatic hydroxyl groups excluding tert-OH is 1. The molecule has 0 unspecified atom stereocenters. The summed E-state index contributed by atoms with van der Waals surface area (Å²) in [4.78, 5) is 57.4. The van der Waals surface area contributed by atoms with Gasteiger partial charge in [0.1, 0.15) is 36.8 Å². The van der Waals surface area contributed by atoms with Crippen molar-refractivity contribution in [2.75, 3.05) is 19.8 Å². The van der Waals surface area contributed by atoms with Crippen LogP contribution < -0.4 is 26.0 Å². The van der Waals surface area contributed by atoms with Gasteiger partial charge in [-0.2, -0.15) is 5.10 Å². The van der Waals surface area contributed by atoms with Gasteiger partial charge < -0.3 is 31.1 Å². The summed E-state index contributed by atoms with van der Waals surface area (Å²) < 4.78 is 7.18. The molecule has 6 rings (SSSR count). The molecular formula is C33H35N7O6. The second-order valence-electron chi connectivity index (χ2n) is 10.7. The molecule has 4 aromatic rings. The van der Waals surface area contributed by atoms with E-state index in [0.29, 0.717) is 23.0 Å². The first-order valence-corrected chi connectivity index (χ1v) is 14.9. The number of rotatable bonds is 4. The lowest BCUT2D eigenvalue weighted by Gasteiger charge is -2.24. The normalized spacial score (nSPS) is 19.5. The minimum Gasteiger partial charge on any atom is -0.492 e. The first kappa shape index (κ1) is 31.9. The zero-order valence-electron chi connectivity index (χ0n) is 25.2. The van der Waals surface area contributed by atoms with Crippen LogP contribution in [-0.4, -0.2) is 75.3 Å². The van der Waals surface area contributed by atoms with Crippen LogP contribution >= 0.6 is 0 Å². The van der Waals surface area contributed by atoms with Crippen LogP contribution in [0.15, 0.2) is 84.9 Å². The molecule has 1 aromatic heterocycles. The molecule has 3 atom stereocenters. The first-order chi connectivity index (χ1) is 22.3. The Kier molecular flexibility index (Phi) is 10.4. The van der Waals surface area contributed by atoms with E-state index in [-0.39, 0.29) is 32.0 Å². The molecule has 238 valence electrons. The lowest BCUT2D eigenvalue weighted by atomic mass is 10.0. The summed E-state index contributed by atoms with van der Waals surface area (Å²) in [6.07, 6.45) is 0.0995. The number of hydrogen-bond acceptors (Lipinski definition) is 8. The van der Waals surface area contributed by atoms with Gasteiger partial charge in [0.2, 0.25) is 17.7 Å². The molecule has 5 N–H and O–H groups in total. The fourth-order valence-corrected chi connectivity index (χ4v) is 4.89. The molecule has 4 amide bonds. The molecule has 0 saturated heterocycles. The van der Waals surface area contributed by atoms with Crippen molar-refractivity contribution < 1.29 is 29.0 Å². The van der Waals surface area contributed by atoms with Crippen molar-refractivity contribution in [1.29, 1.82) is 0 Å². The Morgan fingerprint density at radius 2 is 1.65 bits per heavy atom. The van der Waals surface area contributed by atoms with E-state index in [2.05, 4.69) is 31.3 Å². The number of aromatic nitrogens is 3. The van der Waals surface area contributed by atoms with E-state index in [0.717, 1.165) is 11.1 Å². The Hall–Kier alpha value is -5.56. The molecular weight excluding hydrogens is 590 g/mol. The predicted molar refractivity (Wildman–Crippen MR) is 167 cm³/mol. The smallest absolute Gasteiger partial charge is 0.251 e. The SMILES string of the molecule is C[C@@H]1NC(=O)[C@H](CO)NC(=O)[C@@H](NC(=O)c2ccccc2)Cc2ccc(cc2)OCCNC(=O)Cn2nc(-c3ccccc3)nc21. The quantitative estimate of drug-likeness (QED) is 0.224. The highest BCUT2D eigenvalue weighted by Gasteiger charge is 2.29. The molecule has 0 aliphatic carbocycles. The molecule has 3 heterocycles. The lowest BCUT2D eigenvalue weighted by Crippen LogP contribution is -2.55.